The zero-order valence-electron chi connectivity index (χ0n) is 12.0. The number of carbonyl (C=O) groups excluding carboxylic acids is 2. The maximum absolute atomic E-state index is 14.3. The van der Waals surface area contributed by atoms with Crippen LogP contribution >= 0.6 is 11.8 Å². The molecule has 2 heterocycles. The molecular weight excluding hydrogens is 307 g/mol. The third-order valence-corrected chi connectivity index (χ3v) is 4.57. The van der Waals surface area contributed by atoms with Gasteiger partial charge in [-0.05, 0) is 35.5 Å². The molecule has 0 aliphatic carbocycles. The summed E-state index contributed by atoms with van der Waals surface area (Å²) in [4.78, 5) is 26.6. The van der Waals surface area contributed by atoms with Crippen molar-refractivity contribution in [2.75, 3.05) is 38.3 Å². The fourth-order valence-corrected chi connectivity index (χ4v) is 3.20. The predicted octanol–water partition coefficient (Wildman–Crippen LogP) is 2.33. The van der Waals surface area contributed by atoms with E-state index in [9.17, 15) is 14.0 Å². The lowest BCUT2D eigenvalue weighted by Gasteiger charge is -2.29. The van der Waals surface area contributed by atoms with Gasteiger partial charge in [-0.25, -0.2) is 4.39 Å². The van der Waals surface area contributed by atoms with Crippen molar-refractivity contribution >= 4 is 34.7 Å². The number of hydrogen-bond donors (Lipinski definition) is 0. The second-order valence-electron chi connectivity index (χ2n) is 5.05. The van der Waals surface area contributed by atoms with Gasteiger partial charge < -0.3 is 9.64 Å². The first-order valence-electron chi connectivity index (χ1n) is 6.90. The van der Waals surface area contributed by atoms with E-state index in [1.165, 1.54) is 13.1 Å². The summed E-state index contributed by atoms with van der Waals surface area (Å²) < 4.78 is 19.5. The molecule has 0 saturated carbocycles. The molecule has 0 spiro atoms. The second-order valence-corrected chi connectivity index (χ2v) is 6.04. The Hall–Kier alpha value is -1.86. The molecule has 2 saturated heterocycles. The van der Waals surface area contributed by atoms with E-state index < -0.39 is 0 Å². The Morgan fingerprint density at radius 1 is 1.27 bits per heavy atom. The summed E-state index contributed by atoms with van der Waals surface area (Å²) in [5.74, 6) is -0.695. The number of amides is 2. The van der Waals surface area contributed by atoms with Gasteiger partial charge in [0.25, 0.3) is 11.1 Å². The molecule has 0 N–H and O–H groups in total. The highest BCUT2D eigenvalue weighted by Gasteiger charge is 2.31. The highest BCUT2D eigenvalue weighted by molar-refractivity contribution is 8.18. The van der Waals surface area contributed by atoms with Gasteiger partial charge in [0.05, 0.1) is 23.8 Å². The SMILES string of the molecule is CN1C(=O)S/C(=C/c2ccc(N3CCOCC3)c(F)c2)C1=O. The lowest BCUT2D eigenvalue weighted by Crippen LogP contribution is -2.36. The third kappa shape index (κ3) is 2.86. The van der Waals surface area contributed by atoms with Gasteiger partial charge in [-0.15, -0.1) is 0 Å². The minimum absolute atomic E-state index is 0.311. The molecule has 22 heavy (non-hydrogen) atoms. The van der Waals surface area contributed by atoms with E-state index in [0.717, 1.165) is 16.7 Å². The molecule has 0 bridgehead atoms. The van der Waals surface area contributed by atoms with Crippen molar-refractivity contribution in [2.24, 2.45) is 0 Å². The Labute approximate surface area is 131 Å². The number of halogens is 1. The highest BCUT2D eigenvalue weighted by Crippen LogP contribution is 2.31. The van der Waals surface area contributed by atoms with Gasteiger partial charge in [-0.3, -0.25) is 14.5 Å². The van der Waals surface area contributed by atoms with Gasteiger partial charge >= 0.3 is 0 Å². The minimum atomic E-state index is -0.354. The summed E-state index contributed by atoms with van der Waals surface area (Å²) in [6.45, 7) is 2.49. The Morgan fingerprint density at radius 3 is 2.59 bits per heavy atom. The minimum Gasteiger partial charge on any atom is -0.378 e. The number of morpholine rings is 1. The van der Waals surface area contributed by atoms with Gasteiger partial charge in [0.1, 0.15) is 5.82 Å². The third-order valence-electron chi connectivity index (χ3n) is 3.61. The first-order chi connectivity index (χ1) is 10.6. The van der Waals surface area contributed by atoms with E-state index in [2.05, 4.69) is 0 Å². The highest BCUT2D eigenvalue weighted by atomic mass is 32.2. The average molecular weight is 322 g/mol. The van der Waals surface area contributed by atoms with E-state index in [0.29, 0.717) is 42.5 Å². The van der Waals surface area contributed by atoms with Crippen LogP contribution in [0.25, 0.3) is 6.08 Å². The molecule has 1 aromatic rings. The number of ether oxygens (including phenoxy) is 1. The molecule has 2 aliphatic rings. The number of hydrogen-bond acceptors (Lipinski definition) is 5. The number of thioether (sulfide) groups is 1. The molecule has 0 radical (unpaired) electrons. The maximum Gasteiger partial charge on any atom is 0.293 e. The predicted molar refractivity (Wildman–Crippen MR) is 83.2 cm³/mol. The normalized spacial score (nSPS) is 21.1. The van der Waals surface area contributed by atoms with E-state index in [4.69, 9.17) is 4.74 Å². The Balaban J connectivity index is 1.83. The largest absolute Gasteiger partial charge is 0.378 e. The topological polar surface area (TPSA) is 49.9 Å². The van der Waals surface area contributed by atoms with E-state index in [-0.39, 0.29) is 17.0 Å². The lowest BCUT2D eigenvalue weighted by molar-refractivity contribution is -0.121. The zero-order chi connectivity index (χ0) is 15.7. The first kappa shape index (κ1) is 15.1. The van der Waals surface area contributed by atoms with Crippen molar-refractivity contribution in [3.8, 4) is 0 Å². The van der Waals surface area contributed by atoms with Gasteiger partial charge in [-0.1, -0.05) is 6.07 Å². The number of imide groups is 1. The van der Waals surface area contributed by atoms with E-state index in [1.54, 1.807) is 18.2 Å². The molecular formula is C15H15FN2O3S. The Bertz CT molecular complexity index is 656. The molecule has 7 heteroatoms. The van der Waals surface area contributed by atoms with Gasteiger partial charge in [0.15, 0.2) is 0 Å². The monoisotopic (exact) mass is 322 g/mol. The number of likely N-dealkylation sites (N-methyl/N-ethyl adjacent to an activating group) is 1. The smallest absolute Gasteiger partial charge is 0.293 e. The van der Waals surface area contributed by atoms with Crippen LogP contribution in [0.1, 0.15) is 5.56 Å². The summed E-state index contributed by atoms with van der Waals surface area (Å²) >= 11 is 0.864. The number of rotatable bonds is 2. The molecule has 2 aliphatic heterocycles. The van der Waals surface area contributed by atoms with Gasteiger partial charge in [0, 0.05) is 20.1 Å². The molecule has 0 aromatic heterocycles. The summed E-state index contributed by atoms with van der Waals surface area (Å²) in [5.41, 5.74) is 1.09. The van der Waals surface area contributed by atoms with Crippen molar-refractivity contribution in [3.05, 3.63) is 34.5 Å². The average Bonchev–Trinajstić information content (AvgIpc) is 2.76. The second kappa shape index (κ2) is 6.10. The summed E-state index contributed by atoms with van der Waals surface area (Å²) in [6, 6.07) is 4.83. The van der Waals surface area contributed by atoms with Crippen molar-refractivity contribution in [2.45, 2.75) is 0 Å². The number of benzene rings is 1. The van der Waals surface area contributed by atoms with Crippen molar-refractivity contribution in [3.63, 3.8) is 0 Å². The van der Waals surface area contributed by atoms with Crippen LogP contribution in [0.4, 0.5) is 14.9 Å². The zero-order valence-corrected chi connectivity index (χ0v) is 12.9. The molecule has 116 valence electrons. The lowest BCUT2D eigenvalue weighted by atomic mass is 10.1. The molecule has 3 rings (SSSR count). The summed E-state index contributed by atoms with van der Waals surface area (Å²) in [5, 5.41) is -0.318. The van der Waals surface area contributed by atoms with Crippen LogP contribution in [0.15, 0.2) is 23.1 Å². The summed E-state index contributed by atoms with van der Waals surface area (Å²) in [6.07, 6.45) is 1.54. The van der Waals surface area contributed by atoms with Crippen LogP contribution in [0, 0.1) is 5.82 Å². The number of anilines is 1. The molecule has 2 fully saturated rings. The fraction of sp³-hybridized carbons (Fsp3) is 0.333. The van der Waals surface area contributed by atoms with Gasteiger partial charge in [0.2, 0.25) is 0 Å². The standard InChI is InChI=1S/C15H15FN2O3S/c1-17-14(19)13(22-15(17)20)9-10-2-3-12(11(16)8-10)18-4-6-21-7-5-18/h2-3,8-9H,4-7H2,1H3/b13-9+. The Kier molecular flexibility index (Phi) is 4.17. The van der Waals surface area contributed by atoms with Crippen LogP contribution in [0.3, 0.4) is 0 Å². The van der Waals surface area contributed by atoms with E-state index >= 15 is 0 Å². The summed E-state index contributed by atoms with van der Waals surface area (Å²) in [7, 11) is 1.43. The van der Waals surface area contributed by atoms with Crippen LogP contribution < -0.4 is 4.90 Å². The van der Waals surface area contributed by atoms with Crippen LogP contribution in [0.5, 0.6) is 0 Å². The van der Waals surface area contributed by atoms with Crippen LogP contribution in [-0.4, -0.2) is 49.4 Å². The van der Waals surface area contributed by atoms with Crippen molar-refractivity contribution in [1.29, 1.82) is 0 Å². The number of nitrogens with zero attached hydrogens (tertiary/aromatic N) is 2. The van der Waals surface area contributed by atoms with Gasteiger partial charge in [-0.2, -0.15) is 0 Å². The molecule has 2 amide bonds. The maximum atomic E-state index is 14.3. The first-order valence-corrected chi connectivity index (χ1v) is 7.72. The molecule has 5 nitrogen and oxygen atoms in total. The fourth-order valence-electron chi connectivity index (χ4n) is 2.37. The number of carbonyl (C=O) groups is 2. The molecule has 0 atom stereocenters. The van der Waals surface area contributed by atoms with E-state index in [1.807, 2.05) is 4.90 Å². The van der Waals surface area contributed by atoms with Crippen molar-refractivity contribution in [1.82, 2.24) is 4.90 Å². The Morgan fingerprint density at radius 2 is 2.00 bits per heavy atom. The molecule has 0 unspecified atom stereocenters. The quantitative estimate of drug-likeness (QED) is 0.782. The van der Waals surface area contributed by atoms with Crippen LogP contribution in [0.2, 0.25) is 0 Å². The molecule has 1 aromatic carbocycles. The van der Waals surface area contributed by atoms with Crippen LogP contribution in [-0.2, 0) is 9.53 Å². The van der Waals surface area contributed by atoms with Crippen molar-refractivity contribution < 1.29 is 18.7 Å².